The number of benzene rings is 1. The number of nitrogens with one attached hydrogen (secondary N) is 1. The Bertz CT molecular complexity index is 607. The number of para-hydroxylation sites is 1. The Labute approximate surface area is 141 Å². The van der Waals surface area contributed by atoms with Gasteiger partial charge in [0, 0.05) is 12.6 Å². The summed E-state index contributed by atoms with van der Waals surface area (Å²) < 4.78 is 9.82. The molecule has 0 aliphatic heterocycles. The van der Waals surface area contributed by atoms with Crippen molar-refractivity contribution in [2.75, 3.05) is 18.7 Å². The minimum absolute atomic E-state index is 0.0306. The van der Waals surface area contributed by atoms with Crippen LogP contribution in [0.5, 0.6) is 0 Å². The molecular weight excluding hydrogens is 312 g/mol. The van der Waals surface area contributed by atoms with Gasteiger partial charge < -0.3 is 14.8 Å². The molecular formula is C17H24N2O5. The number of esters is 1. The highest BCUT2D eigenvalue weighted by Crippen LogP contribution is 2.21. The van der Waals surface area contributed by atoms with Crippen LogP contribution in [0.1, 0.15) is 33.3 Å². The molecule has 1 aromatic carbocycles. The molecule has 7 heteroatoms. The van der Waals surface area contributed by atoms with E-state index in [1.54, 1.807) is 45.0 Å². The molecule has 0 atom stereocenters. The first-order chi connectivity index (χ1) is 11.1. The van der Waals surface area contributed by atoms with Crippen molar-refractivity contribution in [3.63, 3.8) is 0 Å². The van der Waals surface area contributed by atoms with E-state index in [1.807, 2.05) is 0 Å². The van der Waals surface area contributed by atoms with E-state index < -0.39 is 17.7 Å². The van der Waals surface area contributed by atoms with Gasteiger partial charge in [-0.2, -0.15) is 0 Å². The summed E-state index contributed by atoms with van der Waals surface area (Å²) in [5.41, 5.74) is 0.533. The Morgan fingerprint density at radius 3 is 2.33 bits per heavy atom. The van der Waals surface area contributed by atoms with Crippen LogP contribution in [0.2, 0.25) is 0 Å². The van der Waals surface area contributed by atoms with E-state index in [0.717, 1.165) is 0 Å². The molecule has 0 fully saturated rings. The summed E-state index contributed by atoms with van der Waals surface area (Å²) in [5.74, 6) is -0.686. The van der Waals surface area contributed by atoms with Crippen molar-refractivity contribution in [2.24, 2.45) is 0 Å². The lowest BCUT2D eigenvalue weighted by molar-refractivity contribution is -0.139. The number of nitrogens with zero attached hydrogens (tertiary/aromatic N) is 1. The van der Waals surface area contributed by atoms with E-state index in [-0.39, 0.29) is 19.0 Å². The van der Waals surface area contributed by atoms with Gasteiger partial charge in [-0.25, -0.2) is 4.79 Å². The second-order valence-corrected chi connectivity index (χ2v) is 6.17. The highest BCUT2D eigenvalue weighted by molar-refractivity contribution is 5.93. The van der Waals surface area contributed by atoms with Crippen molar-refractivity contribution in [3.05, 3.63) is 29.8 Å². The third-order valence-corrected chi connectivity index (χ3v) is 3.01. The van der Waals surface area contributed by atoms with Gasteiger partial charge in [-0.3, -0.25) is 14.5 Å². The van der Waals surface area contributed by atoms with E-state index in [4.69, 9.17) is 4.74 Å². The zero-order chi connectivity index (χ0) is 18.3. The number of hydrogen-bond acceptors (Lipinski definition) is 5. The Hall–Kier alpha value is -2.57. The van der Waals surface area contributed by atoms with Crippen molar-refractivity contribution in [1.29, 1.82) is 0 Å². The van der Waals surface area contributed by atoms with Gasteiger partial charge in [-0.15, -0.1) is 0 Å². The maximum atomic E-state index is 12.0. The second kappa shape index (κ2) is 8.33. The fourth-order valence-corrected chi connectivity index (χ4v) is 1.98. The first kappa shape index (κ1) is 19.5. The summed E-state index contributed by atoms with van der Waals surface area (Å²) in [4.78, 5) is 36.6. The molecule has 0 saturated carbocycles. The molecule has 1 aromatic rings. The smallest absolute Gasteiger partial charge is 0.409 e. The van der Waals surface area contributed by atoms with Crippen molar-refractivity contribution in [3.8, 4) is 0 Å². The van der Waals surface area contributed by atoms with Crippen LogP contribution in [-0.2, 0) is 25.5 Å². The minimum atomic E-state index is -0.631. The zero-order valence-corrected chi connectivity index (χ0v) is 14.7. The standard InChI is InChI=1S/C17H24N2O5/c1-12(20)19(11-18-16(22)24-17(2,3)4)14-9-7-6-8-13(14)10-15(21)23-5/h6-9H,10-11H2,1-5H3,(H,18,22). The first-order valence-electron chi connectivity index (χ1n) is 7.53. The molecule has 2 amide bonds. The molecule has 0 bridgehead atoms. The average molecular weight is 336 g/mol. The molecule has 1 N–H and O–H groups in total. The number of ether oxygens (including phenoxy) is 2. The number of amides is 2. The number of anilines is 1. The zero-order valence-electron chi connectivity index (χ0n) is 14.7. The number of carbonyl (C=O) groups is 3. The molecule has 0 aromatic heterocycles. The number of methoxy groups -OCH3 is 1. The molecule has 0 aliphatic carbocycles. The van der Waals surface area contributed by atoms with E-state index >= 15 is 0 Å². The molecule has 24 heavy (non-hydrogen) atoms. The van der Waals surface area contributed by atoms with Crippen LogP contribution in [0.3, 0.4) is 0 Å². The van der Waals surface area contributed by atoms with E-state index in [2.05, 4.69) is 10.1 Å². The van der Waals surface area contributed by atoms with E-state index in [9.17, 15) is 14.4 Å². The van der Waals surface area contributed by atoms with Crippen molar-refractivity contribution >= 4 is 23.7 Å². The topological polar surface area (TPSA) is 84.9 Å². The van der Waals surface area contributed by atoms with Crippen LogP contribution in [-0.4, -0.2) is 37.3 Å². The molecule has 0 radical (unpaired) electrons. The quantitative estimate of drug-likeness (QED) is 0.658. The van der Waals surface area contributed by atoms with Crippen molar-refractivity contribution in [2.45, 2.75) is 39.7 Å². The van der Waals surface area contributed by atoms with Crippen LogP contribution in [0.4, 0.5) is 10.5 Å². The van der Waals surface area contributed by atoms with Crippen LogP contribution in [0.15, 0.2) is 24.3 Å². The summed E-state index contributed by atoms with van der Waals surface area (Å²) >= 11 is 0. The van der Waals surface area contributed by atoms with Gasteiger partial charge in [0.2, 0.25) is 5.91 Å². The highest BCUT2D eigenvalue weighted by Gasteiger charge is 2.20. The molecule has 0 aliphatic rings. The third-order valence-electron chi connectivity index (χ3n) is 3.01. The van der Waals surface area contributed by atoms with Gasteiger partial charge in [0.1, 0.15) is 12.3 Å². The van der Waals surface area contributed by atoms with Gasteiger partial charge in [0.15, 0.2) is 0 Å². The predicted octanol–water partition coefficient (Wildman–Crippen LogP) is 2.24. The van der Waals surface area contributed by atoms with Gasteiger partial charge in [0.25, 0.3) is 0 Å². The van der Waals surface area contributed by atoms with Gasteiger partial charge in [-0.1, -0.05) is 18.2 Å². The SMILES string of the molecule is COC(=O)Cc1ccccc1N(CNC(=O)OC(C)(C)C)C(C)=O. The maximum Gasteiger partial charge on any atom is 0.409 e. The largest absolute Gasteiger partial charge is 0.469 e. The van der Waals surface area contributed by atoms with Crippen LogP contribution in [0, 0.1) is 0 Å². The monoisotopic (exact) mass is 336 g/mol. The summed E-state index contributed by atoms with van der Waals surface area (Å²) in [6.45, 7) is 6.57. The average Bonchev–Trinajstić information content (AvgIpc) is 2.46. The molecule has 7 nitrogen and oxygen atoms in total. The van der Waals surface area contributed by atoms with Gasteiger partial charge >= 0.3 is 12.1 Å². The second-order valence-electron chi connectivity index (χ2n) is 6.17. The van der Waals surface area contributed by atoms with E-state index in [0.29, 0.717) is 11.3 Å². The van der Waals surface area contributed by atoms with Gasteiger partial charge in [0.05, 0.1) is 13.5 Å². The van der Waals surface area contributed by atoms with Crippen LogP contribution >= 0.6 is 0 Å². The summed E-state index contributed by atoms with van der Waals surface area (Å²) in [6.07, 6.45) is -0.595. The Morgan fingerprint density at radius 1 is 1.17 bits per heavy atom. The fourth-order valence-electron chi connectivity index (χ4n) is 1.98. The van der Waals surface area contributed by atoms with Crippen molar-refractivity contribution in [1.82, 2.24) is 5.32 Å². The number of hydrogen-bond donors (Lipinski definition) is 1. The summed E-state index contributed by atoms with van der Waals surface area (Å²) in [5, 5.41) is 2.54. The first-order valence-corrected chi connectivity index (χ1v) is 7.53. The van der Waals surface area contributed by atoms with E-state index in [1.165, 1.54) is 18.9 Å². The lowest BCUT2D eigenvalue weighted by Gasteiger charge is -2.25. The third kappa shape index (κ3) is 6.28. The predicted molar refractivity (Wildman–Crippen MR) is 89.6 cm³/mol. The maximum absolute atomic E-state index is 12.0. The highest BCUT2D eigenvalue weighted by atomic mass is 16.6. The normalized spacial score (nSPS) is 10.7. The molecule has 0 heterocycles. The molecule has 0 spiro atoms. The Kier molecular flexibility index (Phi) is 6.76. The number of carbonyl (C=O) groups excluding carboxylic acids is 3. The lowest BCUT2D eigenvalue weighted by atomic mass is 10.1. The Morgan fingerprint density at radius 2 is 1.79 bits per heavy atom. The number of rotatable bonds is 5. The number of alkyl carbamates (subject to hydrolysis) is 1. The van der Waals surface area contributed by atoms with Crippen LogP contribution < -0.4 is 10.2 Å². The Balaban J connectivity index is 2.91. The molecule has 1 rings (SSSR count). The van der Waals surface area contributed by atoms with Gasteiger partial charge in [-0.05, 0) is 32.4 Å². The summed E-state index contributed by atoms with van der Waals surface area (Å²) in [7, 11) is 1.30. The lowest BCUT2D eigenvalue weighted by Crippen LogP contribution is -2.43. The van der Waals surface area contributed by atoms with Crippen molar-refractivity contribution < 1.29 is 23.9 Å². The summed E-state index contributed by atoms with van der Waals surface area (Å²) in [6, 6.07) is 6.95. The molecule has 0 saturated heterocycles. The molecule has 132 valence electrons. The minimum Gasteiger partial charge on any atom is -0.469 e. The fraction of sp³-hybridized carbons (Fsp3) is 0.471. The van der Waals surface area contributed by atoms with Crippen LogP contribution in [0.25, 0.3) is 0 Å². The molecule has 0 unspecified atom stereocenters.